The fourth-order valence-electron chi connectivity index (χ4n) is 0. The molecular formula is C3H11FeNO2. The Morgan fingerprint density at radius 2 is 1.14 bits per heavy atom. The Morgan fingerprint density at radius 3 is 1.14 bits per heavy atom. The van der Waals surface area contributed by atoms with Gasteiger partial charge in [0.05, 0.1) is 0 Å². The summed E-state index contributed by atoms with van der Waals surface area (Å²) in [4.78, 5) is 0. The molecule has 0 saturated carbocycles. The monoisotopic (exact) mass is 149 g/mol. The molecule has 3 nitrogen and oxygen atoms in total. The molecular weight excluding hydrogens is 138 g/mol. The zero-order valence-electron chi connectivity index (χ0n) is 4.40. The number of rotatable bonds is 0. The van der Waals surface area contributed by atoms with Crippen LogP contribution in [-0.2, 0) is 17.1 Å². The Labute approximate surface area is 54.4 Å². The average Bonchev–Trinajstić information content (AvgIpc) is 0.811. The topological polar surface area (TPSA) is 86.0 Å². The summed E-state index contributed by atoms with van der Waals surface area (Å²) < 4.78 is 0. The van der Waals surface area contributed by atoms with E-state index in [4.69, 9.17) is 5.73 Å². The van der Waals surface area contributed by atoms with Gasteiger partial charge in [0.25, 0.3) is 0 Å². The Bertz CT molecular complexity index is 17.7. The minimum absolute atomic E-state index is 0. The second-order valence-corrected chi connectivity index (χ2v) is 1.24. The van der Waals surface area contributed by atoms with E-state index in [1.807, 2.05) is 13.8 Å². The van der Waals surface area contributed by atoms with Crippen molar-refractivity contribution in [3.8, 4) is 0 Å². The molecule has 0 heterocycles. The summed E-state index contributed by atoms with van der Waals surface area (Å²) in [6.45, 7) is 3.89. The van der Waals surface area contributed by atoms with Gasteiger partial charge in [0.2, 0.25) is 0 Å². The maximum absolute atomic E-state index is 5.11. The van der Waals surface area contributed by atoms with Gasteiger partial charge < -0.3 is 16.7 Å². The van der Waals surface area contributed by atoms with Crippen molar-refractivity contribution in [2.45, 2.75) is 19.9 Å². The first-order valence-electron chi connectivity index (χ1n) is 1.49. The van der Waals surface area contributed by atoms with Crippen LogP contribution in [0.4, 0.5) is 0 Å². The Kier molecular flexibility index (Phi) is 60.5. The first-order valence-corrected chi connectivity index (χ1v) is 1.49. The third-order valence-corrected chi connectivity index (χ3v) is 0. The van der Waals surface area contributed by atoms with Crippen molar-refractivity contribution in [2.75, 3.05) is 0 Å². The van der Waals surface area contributed by atoms with Crippen LogP contribution in [-0.4, -0.2) is 17.0 Å². The second-order valence-electron chi connectivity index (χ2n) is 1.24. The van der Waals surface area contributed by atoms with Crippen LogP contribution < -0.4 is 5.73 Å². The summed E-state index contributed by atoms with van der Waals surface area (Å²) in [7, 11) is 0. The second kappa shape index (κ2) is 16.1. The Balaban J connectivity index is -0.0000000150. The molecule has 0 aliphatic heterocycles. The third kappa shape index (κ3) is 776. The molecule has 0 atom stereocenters. The molecule has 7 heavy (non-hydrogen) atoms. The molecule has 0 aromatic rings. The Hall–Kier alpha value is 0.399. The van der Waals surface area contributed by atoms with Gasteiger partial charge in [-0.15, -0.1) is 0 Å². The van der Waals surface area contributed by atoms with Gasteiger partial charge in [0, 0.05) is 0 Å². The van der Waals surface area contributed by atoms with Crippen molar-refractivity contribution in [1.29, 1.82) is 0 Å². The van der Waals surface area contributed by atoms with Crippen molar-refractivity contribution in [3.63, 3.8) is 0 Å². The summed E-state index contributed by atoms with van der Waals surface area (Å²) in [5.41, 5.74) is 5.11. The van der Waals surface area contributed by atoms with Crippen LogP contribution >= 0.6 is 0 Å². The predicted molar refractivity (Wildman–Crippen MR) is 23.2 cm³/mol. The third-order valence-electron chi connectivity index (χ3n) is 0. The maximum atomic E-state index is 5.11. The van der Waals surface area contributed by atoms with E-state index < -0.39 is 0 Å². The van der Waals surface area contributed by atoms with Crippen LogP contribution in [0, 0.1) is 0 Å². The standard InChI is InChI=1S/C3H9N.Fe.2H2O/c1-3(2)4;;;/h3H,4H2,1-2H3;;2*1H2/q;+2;;/p-2. The SMILES string of the molecule is CC(C)N.[Fe+2].[OH-].[OH-]. The molecule has 0 saturated heterocycles. The first-order chi connectivity index (χ1) is 1.73. The van der Waals surface area contributed by atoms with Crippen molar-refractivity contribution < 1.29 is 28.0 Å². The molecule has 0 rings (SSSR count). The molecule has 0 aliphatic rings. The Morgan fingerprint density at radius 1 is 1.14 bits per heavy atom. The van der Waals surface area contributed by atoms with Crippen LogP contribution in [0.15, 0.2) is 0 Å². The number of hydrogen-bond acceptors (Lipinski definition) is 3. The van der Waals surface area contributed by atoms with Gasteiger partial charge in [0.15, 0.2) is 0 Å². The van der Waals surface area contributed by atoms with Crippen LogP contribution in [0.1, 0.15) is 13.8 Å². The zero-order chi connectivity index (χ0) is 3.58. The van der Waals surface area contributed by atoms with E-state index in [1.165, 1.54) is 0 Å². The summed E-state index contributed by atoms with van der Waals surface area (Å²) in [6, 6.07) is 0.333. The molecule has 0 radical (unpaired) electrons. The van der Waals surface area contributed by atoms with E-state index in [0.29, 0.717) is 6.04 Å². The smallest absolute Gasteiger partial charge is 0.870 e. The zero-order valence-corrected chi connectivity index (χ0v) is 5.51. The van der Waals surface area contributed by atoms with E-state index in [2.05, 4.69) is 0 Å². The molecule has 48 valence electrons. The van der Waals surface area contributed by atoms with Gasteiger partial charge >= 0.3 is 17.1 Å². The van der Waals surface area contributed by atoms with E-state index in [-0.39, 0.29) is 28.0 Å². The van der Waals surface area contributed by atoms with E-state index >= 15 is 0 Å². The summed E-state index contributed by atoms with van der Waals surface area (Å²) in [6.07, 6.45) is 0. The van der Waals surface area contributed by atoms with Crippen molar-refractivity contribution in [3.05, 3.63) is 0 Å². The van der Waals surface area contributed by atoms with Crippen LogP contribution in [0.2, 0.25) is 0 Å². The van der Waals surface area contributed by atoms with Gasteiger partial charge in [0.1, 0.15) is 0 Å². The minimum atomic E-state index is 0. The normalized spacial score (nSPS) is 5.14. The van der Waals surface area contributed by atoms with Gasteiger partial charge in [-0.3, -0.25) is 0 Å². The molecule has 0 spiro atoms. The van der Waals surface area contributed by atoms with Gasteiger partial charge in [-0.1, -0.05) is 13.8 Å². The van der Waals surface area contributed by atoms with Gasteiger partial charge in [-0.05, 0) is 6.04 Å². The molecule has 0 aromatic heterocycles. The van der Waals surface area contributed by atoms with Crippen molar-refractivity contribution in [1.82, 2.24) is 0 Å². The van der Waals surface area contributed by atoms with Crippen LogP contribution in [0.5, 0.6) is 0 Å². The fraction of sp³-hybridized carbons (Fsp3) is 1.00. The van der Waals surface area contributed by atoms with Crippen LogP contribution in [0.25, 0.3) is 0 Å². The quantitative estimate of drug-likeness (QED) is 0.491. The average molecular weight is 149 g/mol. The van der Waals surface area contributed by atoms with E-state index in [0.717, 1.165) is 0 Å². The fourth-order valence-corrected chi connectivity index (χ4v) is 0. The largest absolute Gasteiger partial charge is 2.00 e. The minimum Gasteiger partial charge on any atom is -0.870 e. The maximum Gasteiger partial charge on any atom is 2.00 e. The van der Waals surface area contributed by atoms with E-state index in [9.17, 15) is 0 Å². The van der Waals surface area contributed by atoms with Crippen molar-refractivity contribution in [2.24, 2.45) is 5.73 Å². The molecule has 0 unspecified atom stereocenters. The first kappa shape index (κ1) is 26.2. The molecule has 0 bridgehead atoms. The molecule has 4 heteroatoms. The molecule has 0 aliphatic carbocycles. The molecule has 0 amide bonds. The number of hydrogen-bond donors (Lipinski definition) is 1. The molecule has 4 N–H and O–H groups in total. The molecule has 0 fully saturated rings. The van der Waals surface area contributed by atoms with E-state index in [1.54, 1.807) is 0 Å². The summed E-state index contributed by atoms with van der Waals surface area (Å²) >= 11 is 0. The van der Waals surface area contributed by atoms with Gasteiger partial charge in [-0.2, -0.15) is 0 Å². The molecule has 0 aromatic carbocycles. The van der Waals surface area contributed by atoms with Gasteiger partial charge in [-0.25, -0.2) is 0 Å². The summed E-state index contributed by atoms with van der Waals surface area (Å²) in [5, 5.41) is 0. The number of nitrogens with two attached hydrogens (primary N) is 1. The predicted octanol–water partition coefficient (Wildman–Crippen LogP) is -0.00260. The summed E-state index contributed by atoms with van der Waals surface area (Å²) in [5.74, 6) is 0. The van der Waals surface area contributed by atoms with Crippen molar-refractivity contribution >= 4 is 0 Å². The van der Waals surface area contributed by atoms with Crippen LogP contribution in [0.3, 0.4) is 0 Å².